The highest BCUT2D eigenvalue weighted by Gasteiger charge is 2.38. The number of halogens is 1. The highest BCUT2D eigenvalue weighted by Crippen LogP contribution is 2.30. The van der Waals surface area contributed by atoms with Crippen molar-refractivity contribution >= 4 is 5.91 Å². The zero-order chi connectivity index (χ0) is 16.7. The molecule has 24 heavy (non-hydrogen) atoms. The van der Waals surface area contributed by atoms with Gasteiger partial charge in [-0.2, -0.15) is 0 Å². The van der Waals surface area contributed by atoms with Gasteiger partial charge in [-0.25, -0.2) is 4.39 Å². The van der Waals surface area contributed by atoms with E-state index in [0.717, 1.165) is 13.0 Å². The number of nitrogens with zero attached hydrogens (tertiary/aromatic N) is 2. The molecule has 2 aromatic rings. The molecule has 1 amide bonds. The van der Waals surface area contributed by atoms with Crippen LogP contribution in [-0.4, -0.2) is 41.5 Å². The Hall–Kier alpha value is -2.27. The number of hydrogen-bond acceptors (Lipinski definition) is 3. The fraction of sp³-hybridized carbons (Fsp3) is 0.368. The van der Waals surface area contributed by atoms with Crippen LogP contribution in [-0.2, 0) is 0 Å². The number of aryl methyl sites for hydroxylation is 1. The fourth-order valence-corrected chi connectivity index (χ4v) is 3.59. The molecule has 5 heteroatoms. The van der Waals surface area contributed by atoms with Crippen LogP contribution in [0.25, 0.3) is 11.3 Å². The lowest BCUT2D eigenvalue weighted by Gasteiger charge is -2.46. The molecule has 1 aromatic carbocycles. The molecule has 0 aliphatic carbocycles. The average Bonchev–Trinajstić information content (AvgIpc) is 2.58. The Morgan fingerprint density at radius 1 is 1.33 bits per heavy atom. The first-order chi connectivity index (χ1) is 11.6. The van der Waals surface area contributed by atoms with Crippen molar-refractivity contribution in [3.63, 3.8) is 0 Å². The zero-order valence-corrected chi connectivity index (χ0v) is 13.6. The van der Waals surface area contributed by atoms with Crippen LogP contribution >= 0.6 is 0 Å². The first-order valence-corrected chi connectivity index (χ1v) is 8.38. The lowest BCUT2D eigenvalue weighted by molar-refractivity contribution is 0.0515. The summed E-state index contributed by atoms with van der Waals surface area (Å²) in [6.07, 6.45) is 2.64. The van der Waals surface area contributed by atoms with Gasteiger partial charge in [-0.05, 0) is 43.5 Å². The average molecular weight is 325 g/mol. The van der Waals surface area contributed by atoms with Crippen LogP contribution in [0, 0.1) is 18.7 Å². The Kier molecular flexibility index (Phi) is 3.81. The number of fused-ring (bicyclic) bond motifs is 1. The van der Waals surface area contributed by atoms with Crippen LogP contribution in [0.2, 0.25) is 0 Å². The number of benzene rings is 1. The number of carbonyl (C=O) groups excluding carboxylic acids is 1. The minimum atomic E-state index is -0.438. The SMILES string of the molecule is Cc1ccc(-c2ccccn2)c(C(=O)N2CCC3CNC3C2)c1F. The van der Waals surface area contributed by atoms with Crippen molar-refractivity contribution in [2.45, 2.75) is 19.4 Å². The third-order valence-electron chi connectivity index (χ3n) is 5.18. The molecule has 2 aliphatic heterocycles. The number of pyridine rings is 1. The van der Waals surface area contributed by atoms with Gasteiger partial charge in [-0.15, -0.1) is 0 Å². The summed E-state index contributed by atoms with van der Waals surface area (Å²) in [6, 6.07) is 9.31. The third kappa shape index (κ3) is 2.49. The Balaban J connectivity index is 1.73. The summed E-state index contributed by atoms with van der Waals surface area (Å²) in [6.45, 7) is 4.06. The van der Waals surface area contributed by atoms with Gasteiger partial charge in [0.15, 0.2) is 0 Å². The van der Waals surface area contributed by atoms with E-state index in [-0.39, 0.29) is 11.5 Å². The molecule has 0 spiro atoms. The second-order valence-electron chi connectivity index (χ2n) is 6.65. The number of rotatable bonds is 2. The molecule has 0 saturated carbocycles. The quantitative estimate of drug-likeness (QED) is 0.923. The predicted octanol–water partition coefficient (Wildman–Crippen LogP) is 2.63. The van der Waals surface area contributed by atoms with Crippen LogP contribution in [0.15, 0.2) is 36.5 Å². The van der Waals surface area contributed by atoms with Crippen LogP contribution < -0.4 is 5.32 Å². The minimum absolute atomic E-state index is 0.145. The van der Waals surface area contributed by atoms with Crippen molar-refractivity contribution < 1.29 is 9.18 Å². The topological polar surface area (TPSA) is 45.2 Å². The molecule has 0 bridgehead atoms. The highest BCUT2D eigenvalue weighted by molar-refractivity contribution is 6.01. The van der Waals surface area contributed by atoms with Gasteiger partial charge >= 0.3 is 0 Å². The number of carbonyl (C=O) groups is 1. The molecule has 4 rings (SSSR count). The van der Waals surface area contributed by atoms with E-state index in [4.69, 9.17) is 0 Å². The summed E-state index contributed by atoms with van der Waals surface area (Å²) in [5, 5.41) is 3.36. The van der Waals surface area contributed by atoms with Crippen LogP contribution in [0.4, 0.5) is 4.39 Å². The molecule has 3 heterocycles. The molecule has 124 valence electrons. The second-order valence-corrected chi connectivity index (χ2v) is 6.65. The fourth-order valence-electron chi connectivity index (χ4n) is 3.59. The van der Waals surface area contributed by atoms with Gasteiger partial charge in [0.05, 0.1) is 11.3 Å². The number of likely N-dealkylation sites (tertiary alicyclic amines) is 1. The molecule has 0 radical (unpaired) electrons. The van der Waals surface area contributed by atoms with E-state index in [1.807, 2.05) is 12.1 Å². The van der Waals surface area contributed by atoms with Crippen molar-refractivity contribution in [2.24, 2.45) is 5.92 Å². The summed E-state index contributed by atoms with van der Waals surface area (Å²) < 4.78 is 14.9. The normalized spacial score (nSPS) is 22.7. The van der Waals surface area contributed by atoms with E-state index in [9.17, 15) is 9.18 Å². The maximum atomic E-state index is 14.9. The van der Waals surface area contributed by atoms with Gasteiger partial charge in [0.1, 0.15) is 5.82 Å². The standard InChI is InChI=1S/C19H20FN3O/c1-12-5-6-14(15-4-2-3-8-21-15)17(18(12)20)19(24)23-9-7-13-10-22-16(13)11-23/h2-6,8,13,16,22H,7,9-11H2,1H3. The summed E-state index contributed by atoms with van der Waals surface area (Å²) in [5.41, 5.74) is 1.81. The Bertz CT molecular complexity index is 778. The summed E-state index contributed by atoms with van der Waals surface area (Å²) in [5.74, 6) is -0.0116. The van der Waals surface area contributed by atoms with Gasteiger partial charge in [0.25, 0.3) is 5.91 Å². The molecule has 1 aromatic heterocycles. The lowest BCUT2D eigenvalue weighted by atomic mass is 9.84. The Labute approximate surface area is 140 Å². The van der Waals surface area contributed by atoms with Gasteiger partial charge in [-0.3, -0.25) is 9.78 Å². The van der Waals surface area contributed by atoms with Crippen molar-refractivity contribution in [3.8, 4) is 11.3 Å². The maximum absolute atomic E-state index is 14.9. The molecule has 4 nitrogen and oxygen atoms in total. The maximum Gasteiger partial charge on any atom is 0.257 e. The number of nitrogens with one attached hydrogen (secondary N) is 1. The predicted molar refractivity (Wildman–Crippen MR) is 90.2 cm³/mol. The van der Waals surface area contributed by atoms with E-state index in [1.54, 1.807) is 36.2 Å². The molecule has 1 N–H and O–H groups in total. The summed E-state index contributed by atoms with van der Waals surface area (Å²) >= 11 is 0. The van der Waals surface area contributed by atoms with Crippen LogP contribution in [0.3, 0.4) is 0 Å². The van der Waals surface area contributed by atoms with Gasteiger partial charge < -0.3 is 10.2 Å². The summed E-state index contributed by atoms with van der Waals surface area (Å²) in [4.78, 5) is 19.1. The van der Waals surface area contributed by atoms with E-state index in [0.29, 0.717) is 41.9 Å². The van der Waals surface area contributed by atoms with Crippen LogP contribution in [0.5, 0.6) is 0 Å². The van der Waals surface area contributed by atoms with Crippen molar-refractivity contribution in [1.82, 2.24) is 15.2 Å². The monoisotopic (exact) mass is 325 g/mol. The third-order valence-corrected chi connectivity index (χ3v) is 5.18. The van der Waals surface area contributed by atoms with E-state index in [2.05, 4.69) is 10.3 Å². The van der Waals surface area contributed by atoms with Gasteiger partial charge in [-0.1, -0.05) is 18.2 Å². The number of amides is 1. The van der Waals surface area contributed by atoms with Gasteiger partial charge in [0, 0.05) is 30.9 Å². The first-order valence-electron chi connectivity index (χ1n) is 8.38. The molecule has 2 atom stereocenters. The van der Waals surface area contributed by atoms with Gasteiger partial charge in [0.2, 0.25) is 0 Å². The number of aromatic nitrogens is 1. The smallest absolute Gasteiger partial charge is 0.257 e. The van der Waals surface area contributed by atoms with Crippen molar-refractivity contribution in [3.05, 3.63) is 53.5 Å². The Morgan fingerprint density at radius 3 is 2.88 bits per heavy atom. The molecule has 2 saturated heterocycles. The molecule has 2 fully saturated rings. The zero-order valence-electron chi connectivity index (χ0n) is 13.6. The van der Waals surface area contributed by atoms with Crippen LogP contribution in [0.1, 0.15) is 22.3 Å². The highest BCUT2D eigenvalue weighted by atomic mass is 19.1. The molecule has 2 unspecified atom stereocenters. The molecule has 2 aliphatic rings. The first kappa shape index (κ1) is 15.3. The number of piperidine rings is 1. The summed E-state index contributed by atoms with van der Waals surface area (Å²) in [7, 11) is 0. The van der Waals surface area contributed by atoms with E-state index >= 15 is 0 Å². The second kappa shape index (κ2) is 5.98. The lowest BCUT2D eigenvalue weighted by Crippen LogP contribution is -2.62. The van der Waals surface area contributed by atoms with E-state index in [1.165, 1.54) is 0 Å². The molecular formula is C19H20FN3O. The van der Waals surface area contributed by atoms with Crippen molar-refractivity contribution in [1.29, 1.82) is 0 Å². The van der Waals surface area contributed by atoms with E-state index < -0.39 is 5.82 Å². The molecular weight excluding hydrogens is 305 g/mol. The largest absolute Gasteiger partial charge is 0.337 e. The number of hydrogen-bond donors (Lipinski definition) is 1. The minimum Gasteiger partial charge on any atom is -0.337 e. The Morgan fingerprint density at radius 2 is 2.21 bits per heavy atom. The van der Waals surface area contributed by atoms with Crippen molar-refractivity contribution in [2.75, 3.05) is 19.6 Å².